The molecule has 1 heterocycles. The Morgan fingerprint density at radius 1 is 1.16 bits per heavy atom. The van der Waals surface area contributed by atoms with Crippen molar-refractivity contribution in [2.75, 3.05) is 11.9 Å². The van der Waals surface area contributed by atoms with Crippen molar-refractivity contribution in [1.82, 2.24) is 0 Å². The molecule has 0 fully saturated rings. The number of aliphatic carboxylic acids is 1. The number of carboxylic acids is 1. The van der Waals surface area contributed by atoms with Crippen molar-refractivity contribution < 1.29 is 18.7 Å². The monoisotopic (exact) mass is 361 g/mol. The van der Waals surface area contributed by atoms with E-state index in [1.165, 1.54) is 24.3 Å². The van der Waals surface area contributed by atoms with Crippen molar-refractivity contribution in [3.8, 4) is 11.1 Å². The van der Waals surface area contributed by atoms with Crippen LogP contribution in [0.5, 0.6) is 0 Å². The van der Waals surface area contributed by atoms with Gasteiger partial charge in [-0.3, -0.25) is 4.79 Å². The topological polar surface area (TPSA) is 79.5 Å². The van der Waals surface area contributed by atoms with Gasteiger partial charge in [0.1, 0.15) is 11.4 Å². The molecule has 1 aromatic heterocycles. The molecule has 0 atom stereocenters. The third kappa shape index (κ3) is 3.80. The molecule has 25 heavy (non-hydrogen) atoms. The second kappa shape index (κ2) is 6.94. The third-order valence-electron chi connectivity index (χ3n) is 3.63. The van der Waals surface area contributed by atoms with Gasteiger partial charge in [0.25, 0.3) is 0 Å². The number of halogens is 2. The Morgan fingerprint density at radius 3 is 2.68 bits per heavy atom. The van der Waals surface area contributed by atoms with Crippen LogP contribution in [0.4, 0.5) is 10.1 Å². The minimum absolute atomic E-state index is 0.0345. The Labute approximate surface area is 146 Å². The van der Waals surface area contributed by atoms with Gasteiger partial charge in [0, 0.05) is 40.9 Å². The van der Waals surface area contributed by atoms with Crippen molar-refractivity contribution in [2.45, 2.75) is 6.42 Å². The highest BCUT2D eigenvalue weighted by atomic mass is 35.5. The highest BCUT2D eigenvalue weighted by Gasteiger charge is 2.12. The number of anilines is 1. The fraction of sp³-hybridized carbons (Fsp3) is 0.111. The average Bonchev–Trinajstić information content (AvgIpc) is 2.53. The molecule has 0 spiro atoms. The molecule has 3 rings (SSSR count). The Morgan fingerprint density at radius 2 is 1.96 bits per heavy atom. The van der Waals surface area contributed by atoms with Crippen LogP contribution in [-0.4, -0.2) is 17.6 Å². The lowest BCUT2D eigenvalue weighted by Crippen LogP contribution is -2.07. The van der Waals surface area contributed by atoms with Gasteiger partial charge in [-0.05, 0) is 30.3 Å². The average molecular weight is 362 g/mol. The molecule has 7 heteroatoms. The van der Waals surface area contributed by atoms with E-state index in [2.05, 4.69) is 5.32 Å². The Bertz CT molecular complexity index is 1020. The number of fused-ring (bicyclic) bond motifs is 1. The van der Waals surface area contributed by atoms with Gasteiger partial charge in [-0.15, -0.1) is 0 Å². The van der Waals surface area contributed by atoms with E-state index in [1.54, 1.807) is 18.2 Å². The van der Waals surface area contributed by atoms with Crippen LogP contribution in [0.3, 0.4) is 0 Å². The van der Waals surface area contributed by atoms with Crippen LogP contribution in [0.25, 0.3) is 22.1 Å². The first-order valence-electron chi connectivity index (χ1n) is 7.43. The lowest BCUT2D eigenvalue weighted by Gasteiger charge is -2.10. The van der Waals surface area contributed by atoms with E-state index < -0.39 is 17.4 Å². The molecule has 0 radical (unpaired) electrons. The number of nitrogens with one attached hydrogen (secondary N) is 1. The number of carbonyl (C=O) groups is 1. The normalized spacial score (nSPS) is 10.8. The van der Waals surface area contributed by atoms with Crippen molar-refractivity contribution in [3.05, 3.63) is 63.7 Å². The molecule has 0 bridgehead atoms. The molecular weight excluding hydrogens is 349 g/mol. The first-order chi connectivity index (χ1) is 11.9. The van der Waals surface area contributed by atoms with Crippen LogP contribution < -0.4 is 10.9 Å². The Hall–Kier alpha value is -2.86. The zero-order valence-corrected chi connectivity index (χ0v) is 13.6. The van der Waals surface area contributed by atoms with E-state index in [-0.39, 0.29) is 18.0 Å². The second-order valence-corrected chi connectivity index (χ2v) is 5.79. The Kier molecular flexibility index (Phi) is 4.72. The highest BCUT2D eigenvalue weighted by Crippen LogP contribution is 2.33. The van der Waals surface area contributed by atoms with E-state index in [9.17, 15) is 14.0 Å². The van der Waals surface area contributed by atoms with E-state index in [0.29, 0.717) is 27.8 Å². The first kappa shape index (κ1) is 17.0. The zero-order chi connectivity index (χ0) is 18.0. The van der Waals surface area contributed by atoms with Crippen LogP contribution in [0.15, 0.2) is 51.7 Å². The van der Waals surface area contributed by atoms with Gasteiger partial charge in [-0.1, -0.05) is 11.6 Å². The van der Waals surface area contributed by atoms with Crippen LogP contribution in [0.1, 0.15) is 6.42 Å². The van der Waals surface area contributed by atoms with E-state index >= 15 is 0 Å². The summed E-state index contributed by atoms with van der Waals surface area (Å²) in [5.74, 6) is -1.38. The number of benzene rings is 2. The van der Waals surface area contributed by atoms with Crippen molar-refractivity contribution in [1.29, 1.82) is 0 Å². The van der Waals surface area contributed by atoms with Crippen LogP contribution in [0.2, 0.25) is 5.02 Å². The Balaban J connectivity index is 2.05. The molecule has 128 valence electrons. The van der Waals surface area contributed by atoms with Crippen LogP contribution in [0, 0.1) is 5.82 Å². The summed E-state index contributed by atoms with van der Waals surface area (Å²) >= 11 is 6.11. The molecule has 0 saturated heterocycles. The van der Waals surface area contributed by atoms with E-state index in [0.717, 1.165) is 0 Å². The maximum Gasteiger partial charge on any atom is 0.336 e. The molecule has 2 aromatic carbocycles. The molecule has 0 aliphatic heterocycles. The van der Waals surface area contributed by atoms with Crippen LogP contribution >= 0.6 is 11.6 Å². The summed E-state index contributed by atoms with van der Waals surface area (Å²) in [7, 11) is 0. The van der Waals surface area contributed by atoms with Gasteiger partial charge in [0.2, 0.25) is 0 Å². The standard InChI is InChI=1S/C18H13ClFNO4/c19-15-7-10(20)1-3-12(15)14-9-18(24)25-16-8-11(2-4-13(14)16)21-6-5-17(22)23/h1-4,7-9,21H,5-6H2,(H,22,23). The highest BCUT2D eigenvalue weighted by molar-refractivity contribution is 6.33. The van der Waals surface area contributed by atoms with Gasteiger partial charge >= 0.3 is 11.6 Å². The number of hydrogen-bond acceptors (Lipinski definition) is 4. The molecule has 2 N–H and O–H groups in total. The van der Waals surface area contributed by atoms with E-state index in [1.807, 2.05) is 0 Å². The lowest BCUT2D eigenvalue weighted by molar-refractivity contribution is -0.136. The van der Waals surface area contributed by atoms with E-state index in [4.69, 9.17) is 21.1 Å². The molecule has 0 unspecified atom stereocenters. The summed E-state index contributed by atoms with van der Waals surface area (Å²) in [5.41, 5.74) is 1.44. The molecule has 5 nitrogen and oxygen atoms in total. The summed E-state index contributed by atoms with van der Waals surface area (Å²) < 4.78 is 18.5. The van der Waals surface area contributed by atoms with Gasteiger partial charge in [0.05, 0.1) is 11.4 Å². The summed E-state index contributed by atoms with van der Waals surface area (Å²) in [5, 5.41) is 12.4. The fourth-order valence-corrected chi connectivity index (χ4v) is 2.79. The number of carboxylic acid groups (broad SMARTS) is 1. The molecule has 3 aromatic rings. The molecule has 0 saturated carbocycles. The second-order valence-electron chi connectivity index (χ2n) is 5.38. The summed E-state index contributed by atoms with van der Waals surface area (Å²) in [6.45, 7) is 0.245. The predicted molar refractivity (Wildman–Crippen MR) is 93.6 cm³/mol. The van der Waals surface area contributed by atoms with Gasteiger partial charge in [-0.25, -0.2) is 9.18 Å². The van der Waals surface area contributed by atoms with Gasteiger partial charge < -0.3 is 14.8 Å². The SMILES string of the molecule is O=C(O)CCNc1ccc2c(-c3ccc(F)cc3Cl)cc(=O)oc2c1. The quantitative estimate of drug-likeness (QED) is 0.668. The smallest absolute Gasteiger partial charge is 0.336 e. The molecule has 0 aliphatic carbocycles. The maximum atomic E-state index is 13.3. The third-order valence-corrected chi connectivity index (χ3v) is 3.95. The number of hydrogen-bond donors (Lipinski definition) is 2. The molecule has 0 aliphatic rings. The summed E-state index contributed by atoms with van der Waals surface area (Å²) in [6.07, 6.45) is -0.0345. The first-order valence-corrected chi connectivity index (χ1v) is 7.81. The molecule has 0 amide bonds. The van der Waals surface area contributed by atoms with Crippen molar-refractivity contribution in [2.24, 2.45) is 0 Å². The zero-order valence-electron chi connectivity index (χ0n) is 12.9. The van der Waals surface area contributed by atoms with Crippen LogP contribution in [-0.2, 0) is 4.79 Å². The maximum absolute atomic E-state index is 13.3. The minimum atomic E-state index is -0.909. The molecular formula is C18H13ClFNO4. The predicted octanol–water partition coefficient (Wildman–Crippen LogP) is 4.14. The summed E-state index contributed by atoms with van der Waals surface area (Å²) in [6, 6.07) is 10.3. The van der Waals surface area contributed by atoms with Crippen molar-refractivity contribution in [3.63, 3.8) is 0 Å². The number of rotatable bonds is 5. The van der Waals surface area contributed by atoms with Gasteiger partial charge in [-0.2, -0.15) is 0 Å². The summed E-state index contributed by atoms with van der Waals surface area (Å²) in [4.78, 5) is 22.5. The fourth-order valence-electron chi connectivity index (χ4n) is 2.52. The largest absolute Gasteiger partial charge is 0.481 e. The lowest BCUT2D eigenvalue weighted by atomic mass is 10.0. The minimum Gasteiger partial charge on any atom is -0.481 e. The van der Waals surface area contributed by atoms with Crippen molar-refractivity contribution >= 4 is 34.2 Å². The van der Waals surface area contributed by atoms with Gasteiger partial charge in [0.15, 0.2) is 0 Å².